The van der Waals surface area contributed by atoms with E-state index >= 15 is 0 Å². The Morgan fingerprint density at radius 2 is 2.28 bits per heavy atom. The summed E-state index contributed by atoms with van der Waals surface area (Å²) < 4.78 is 6.97. The molecule has 0 atom stereocenters. The van der Waals surface area contributed by atoms with Crippen LogP contribution in [-0.2, 0) is 13.6 Å². The molecule has 0 saturated heterocycles. The maximum Gasteiger partial charge on any atom is 0.251 e. The van der Waals surface area contributed by atoms with Crippen molar-refractivity contribution in [2.45, 2.75) is 19.9 Å². The maximum absolute atomic E-state index is 11.5. The summed E-state index contributed by atoms with van der Waals surface area (Å²) in [5.74, 6) is 0.903. The summed E-state index contributed by atoms with van der Waals surface area (Å²) in [6.07, 6.45) is 2.73. The average Bonchev–Trinajstić information content (AvgIpc) is 2.82. The van der Waals surface area contributed by atoms with Gasteiger partial charge in [0.05, 0.1) is 6.54 Å². The van der Waals surface area contributed by atoms with Gasteiger partial charge >= 0.3 is 0 Å². The van der Waals surface area contributed by atoms with Crippen molar-refractivity contribution in [1.82, 2.24) is 20.1 Å². The Kier molecular flexibility index (Phi) is 3.88. The fourth-order valence-corrected chi connectivity index (χ4v) is 1.50. The Balaban J connectivity index is 2.13. The minimum Gasteiger partial charge on any atom is -0.419 e. The molecule has 0 aliphatic rings. The van der Waals surface area contributed by atoms with Gasteiger partial charge in [-0.2, -0.15) is 0 Å². The molecule has 0 aliphatic heterocycles. The Morgan fingerprint density at radius 1 is 1.44 bits per heavy atom. The van der Waals surface area contributed by atoms with Crippen LogP contribution in [0.15, 0.2) is 27.5 Å². The topological polar surface area (TPSA) is 73.0 Å². The second kappa shape index (κ2) is 5.59. The summed E-state index contributed by atoms with van der Waals surface area (Å²) in [6.45, 7) is 3.54. The van der Waals surface area contributed by atoms with Crippen LogP contribution < -0.4 is 10.9 Å². The molecule has 2 aromatic heterocycles. The fourth-order valence-electron chi connectivity index (χ4n) is 1.50. The highest BCUT2D eigenvalue weighted by Gasteiger charge is 2.08. The summed E-state index contributed by atoms with van der Waals surface area (Å²) in [7, 11) is 1.69. The van der Waals surface area contributed by atoms with Crippen molar-refractivity contribution in [3.63, 3.8) is 0 Å². The molecule has 0 spiro atoms. The van der Waals surface area contributed by atoms with E-state index in [0.717, 1.165) is 13.0 Å². The van der Waals surface area contributed by atoms with Crippen LogP contribution >= 0.6 is 0 Å². The standard InChI is InChI=1S/C12H16N4O2/c1-3-5-13-8-10-14-15-12(18-10)9-4-6-16(2)11(17)7-9/h4,6-7,13H,3,5,8H2,1-2H3. The van der Waals surface area contributed by atoms with Crippen LogP contribution in [0.25, 0.3) is 11.5 Å². The van der Waals surface area contributed by atoms with E-state index in [1.807, 2.05) is 0 Å². The molecule has 0 unspecified atom stereocenters. The first-order valence-electron chi connectivity index (χ1n) is 5.91. The molecule has 0 saturated carbocycles. The van der Waals surface area contributed by atoms with Gasteiger partial charge in [-0.05, 0) is 19.0 Å². The first-order chi connectivity index (χ1) is 8.70. The summed E-state index contributed by atoms with van der Waals surface area (Å²) in [5.41, 5.74) is 0.545. The third-order valence-corrected chi connectivity index (χ3v) is 2.52. The van der Waals surface area contributed by atoms with Crippen molar-refractivity contribution in [2.75, 3.05) is 6.54 Å². The van der Waals surface area contributed by atoms with Crippen molar-refractivity contribution < 1.29 is 4.42 Å². The lowest BCUT2D eigenvalue weighted by Gasteiger charge is -1.98. The number of aryl methyl sites for hydroxylation is 1. The maximum atomic E-state index is 11.5. The molecular formula is C12H16N4O2. The predicted octanol–water partition coefficient (Wildman–Crippen LogP) is 0.935. The lowest BCUT2D eigenvalue weighted by atomic mass is 10.3. The molecule has 0 amide bonds. The van der Waals surface area contributed by atoms with Gasteiger partial charge in [-0.15, -0.1) is 10.2 Å². The van der Waals surface area contributed by atoms with Gasteiger partial charge in [0.25, 0.3) is 5.56 Å². The Hall–Kier alpha value is -1.95. The van der Waals surface area contributed by atoms with E-state index in [1.165, 1.54) is 10.6 Å². The van der Waals surface area contributed by atoms with Gasteiger partial charge in [0.2, 0.25) is 11.8 Å². The number of nitrogens with zero attached hydrogens (tertiary/aromatic N) is 3. The highest BCUT2D eigenvalue weighted by Crippen LogP contribution is 2.15. The smallest absolute Gasteiger partial charge is 0.251 e. The Labute approximate surface area is 105 Å². The lowest BCUT2D eigenvalue weighted by molar-refractivity contribution is 0.477. The Morgan fingerprint density at radius 3 is 3.00 bits per heavy atom. The SMILES string of the molecule is CCCNCc1nnc(-c2ccn(C)c(=O)c2)o1. The molecule has 0 aromatic carbocycles. The van der Waals surface area contributed by atoms with Crippen LogP contribution in [0.2, 0.25) is 0 Å². The van der Waals surface area contributed by atoms with Crippen molar-refractivity contribution in [3.8, 4) is 11.5 Å². The van der Waals surface area contributed by atoms with E-state index < -0.39 is 0 Å². The minimum absolute atomic E-state index is 0.101. The van der Waals surface area contributed by atoms with E-state index in [0.29, 0.717) is 23.9 Å². The number of nitrogens with one attached hydrogen (secondary N) is 1. The zero-order valence-corrected chi connectivity index (χ0v) is 10.5. The van der Waals surface area contributed by atoms with Gasteiger partial charge in [0, 0.05) is 24.9 Å². The van der Waals surface area contributed by atoms with E-state index in [4.69, 9.17) is 4.42 Å². The zero-order chi connectivity index (χ0) is 13.0. The van der Waals surface area contributed by atoms with Gasteiger partial charge in [-0.1, -0.05) is 6.92 Å². The molecule has 2 heterocycles. The highest BCUT2D eigenvalue weighted by atomic mass is 16.4. The summed E-state index contributed by atoms with van der Waals surface area (Å²) in [4.78, 5) is 11.5. The van der Waals surface area contributed by atoms with Crippen LogP contribution in [0.5, 0.6) is 0 Å². The minimum atomic E-state index is -0.101. The van der Waals surface area contributed by atoms with E-state index in [2.05, 4.69) is 22.4 Å². The number of hydrogen-bond donors (Lipinski definition) is 1. The molecule has 0 fully saturated rings. The molecule has 1 N–H and O–H groups in total. The third-order valence-electron chi connectivity index (χ3n) is 2.52. The van der Waals surface area contributed by atoms with Gasteiger partial charge < -0.3 is 14.3 Å². The van der Waals surface area contributed by atoms with E-state index in [-0.39, 0.29) is 5.56 Å². The molecule has 96 valence electrons. The summed E-state index contributed by atoms with van der Waals surface area (Å²) in [5, 5.41) is 11.0. The largest absolute Gasteiger partial charge is 0.419 e. The highest BCUT2D eigenvalue weighted by molar-refractivity contribution is 5.50. The van der Waals surface area contributed by atoms with E-state index in [9.17, 15) is 4.79 Å². The van der Waals surface area contributed by atoms with Gasteiger partial charge in [0.1, 0.15) is 0 Å². The number of aromatic nitrogens is 3. The second-order valence-corrected chi connectivity index (χ2v) is 4.04. The first kappa shape index (κ1) is 12.5. The molecule has 0 bridgehead atoms. The van der Waals surface area contributed by atoms with E-state index in [1.54, 1.807) is 19.3 Å². The monoisotopic (exact) mass is 248 g/mol. The molecule has 18 heavy (non-hydrogen) atoms. The molecule has 0 aliphatic carbocycles. The molecule has 6 heteroatoms. The quantitative estimate of drug-likeness (QED) is 0.797. The van der Waals surface area contributed by atoms with Gasteiger partial charge in [0.15, 0.2) is 0 Å². The number of hydrogen-bond acceptors (Lipinski definition) is 5. The van der Waals surface area contributed by atoms with Crippen LogP contribution in [0.4, 0.5) is 0 Å². The second-order valence-electron chi connectivity index (χ2n) is 4.04. The Bertz CT molecular complexity index is 573. The van der Waals surface area contributed by atoms with Gasteiger partial charge in [-0.25, -0.2) is 0 Å². The van der Waals surface area contributed by atoms with Crippen LogP contribution in [0.3, 0.4) is 0 Å². The average molecular weight is 248 g/mol. The fraction of sp³-hybridized carbons (Fsp3) is 0.417. The lowest BCUT2D eigenvalue weighted by Crippen LogP contribution is -2.14. The summed E-state index contributed by atoms with van der Waals surface area (Å²) >= 11 is 0. The van der Waals surface area contributed by atoms with Crippen molar-refractivity contribution in [3.05, 3.63) is 34.6 Å². The molecule has 2 rings (SSSR count). The predicted molar refractivity (Wildman–Crippen MR) is 67.0 cm³/mol. The molecular weight excluding hydrogens is 232 g/mol. The van der Waals surface area contributed by atoms with Crippen LogP contribution in [0, 0.1) is 0 Å². The van der Waals surface area contributed by atoms with Crippen LogP contribution in [-0.4, -0.2) is 21.3 Å². The van der Waals surface area contributed by atoms with Crippen LogP contribution in [0.1, 0.15) is 19.2 Å². The van der Waals surface area contributed by atoms with Crippen molar-refractivity contribution in [1.29, 1.82) is 0 Å². The number of pyridine rings is 1. The third kappa shape index (κ3) is 2.84. The molecule has 6 nitrogen and oxygen atoms in total. The van der Waals surface area contributed by atoms with Crippen molar-refractivity contribution in [2.24, 2.45) is 7.05 Å². The summed E-state index contributed by atoms with van der Waals surface area (Å²) in [6, 6.07) is 3.26. The van der Waals surface area contributed by atoms with Gasteiger partial charge in [-0.3, -0.25) is 4.79 Å². The zero-order valence-electron chi connectivity index (χ0n) is 10.5. The van der Waals surface area contributed by atoms with Crippen molar-refractivity contribution >= 4 is 0 Å². The molecule has 0 radical (unpaired) electrons. The number of rotatable bonds is 5. The normalized spacial score (nSPS) is 10.8. The molecule has 2 aromatic rings. The first-order valence-corrected chi connectivity index (χ1v) is 5.91.